The van der Waals surface area contributed by atoms with Gasteiger partial charge in [-0.2, -0.15) is 0 Å². The molecule has 3 rings (SSSR count). The fourth-order valence-corrected chi connectivity index (χ4v) is 3.41. The Morgan fingerprint density at radius 3 is 3.00 bits per heavy atom. The van der Waals surface area contributed by atoms with E-state index in [1.807, 2.05) is 31.3 Å². The van der Waals surface area contributed by atoms with Crippen molar-refractivity contribution in [1.82, 2.24) is 10.4 Å². The zero-order chi connectivity index (χ0) is 14.8. The molecule has 0 radical (unpaired) electrons. The number of hydrogen-bond acceptors (Lipinski definition) is 3. The number of nitrogens with zero attached hydrogens (tertiary/aromatic N) is 1. The van der Waals surface area contributed by atoms with Crippen LogP contribution < -0.4 is 11.3 Å². The van der Waals surface area contributed by atoms with Gasteiger partial charge in [0.1, 0.15) is 0 Å². The second kappa shape index (κ2) is 6.14. The van der Waals surface area contributed by atoms with Gasteiger partial charge in [-0.25, -0.2) is 0 Å². The maximum Gasteiger partial charge on any atom is 0.0544 e. The van der Waals surface area contributed by atoms with Gasteiger partial charge >= 0.3 is 0 Å². The van der Waals surface area contributed by atoms with Crippen LogP contribution in [-0.2, 0) is 6.42 Å². The Bertz CT molecular complexity index is 642. The molecule has 2 atom stereocenters. The summed E-state index contributed by atoms with van der Waals surface area (Å²) in [4.78, 5) is 4.61. The van der Waals surface area contributed by atoms with Crippen molar-refractivity contribution in [2.24, 2.45) is 5.84 Å². The lowest BCUT2D eigenvalue weighted by molar-refractivity contribution is 0.400. The Morgan fingerprint density at radius 2 is 2.24 bits per heavy atom. The lowest BCUT2D eigenvalue weighted by Crippen LogP contribution is -2.34. The number of hydrazine groups is 1. The Hall–Kier alpha value is -1.42. The van der Waals surface area contributed by atoms with Gasteiger partial charge in [-0.1, -0.05) is 29.8 Å². The topological polar surface area (TPSA) is 50.9 Å². The molecule has 4 heteroatoms. The SMILES string of the molecule is Cc1ccc(C(NN)C2CCCc3cccnc32)cc1Cl. The zero-order valence-electron chi connectivity index (χ0n) is 12.1. The van der Waals surface area contributed by atoms with Crippen LogP contribution in [0.2, 0.25) is 5.02 Å². The largest absolute Gasteiger partial charge is 0.271 e. The number of halogens is 1. The van der Waals surface area contributed by atoms with Crippen LogP contribution in [0.3, 0.4) is 0 Å². The highest BCUT2D eigenvalue weighted by molar-refractivity contribution is 6.31. The van der Waals surface area contributed by atoms with E-state index in [2.05, 4.69) is 22.5 Å². The Balaban J connectivity index is 1.99. The molecule has 1 aliphatic carbocycles. The first-order valence-corrected chi connectivity index (χ1v) is 7.74. The minimum Gasteiger partial charge on any atom is -0.271 e. The fourth-order valence-electron chi connectivity index (χ4n) is 3.22. The highest BCUT2D eigenvalue weighted by atomic mass is 35.5. The van der Waals surface area contributed by atoms with Gasteiger partial charge in [-0.15, -0.1) is 0 Å². The molecule has 0 amide bonds. The summed E-state index contributed by atoms with van der Waals surface area (Å²) in [5, 5.41) is 0.782. The van der Waals surface area contributed by atoms with Crippen LogP contribution in [0.4, 0.5) is 0 Å². The first-order valence-electron chi connectivity index (χ1n) is 7.36. The number of hydrogen-bond donors (Lipinski definition) is 2. The van der Waals surface area contributed by atoms with Gasteiger partial charge in [0.05, 0.1) is 6.04 Å². The van der Waals surface area contributed by atoms with Crippen molar-refractivity contribution < 1.29 is 0 Å². The molecule has 0 spiro atoms. The highest BCUT2D eigenvalue weighted by Gasteiger charge is 2.29. The molecule has 110 valence electrons. The first kappa shape index (κ1) is 14.5. The molecule has 1 heterocycles. The van der Waals surface area contributed by atoms with E-state index in [0.717, 1.165) is 29.0 Å². The van der Waals surface area contributed by atoms with Crippen LogP contribution >= 0.6 is 11.6 Å². The molecule has 2 aromatic rings. The number of aryl methyl sites for hydroxylation is 2. The smallest absolute Gasteiger partial charge is 0.0544 e. The minimum absolute atomic E-state index is 0.0389. The standard InChI is InChI=1S/C17H20ClN3/c1-11-7-8-13(10-15(11)18)17(21-19)14-6-2-4-12-5-3-9-20-16(12)14/h3,5,7-10,14,17,21H,2,4,6,19H2,1H3. The average molecular weight is 302 g/mol. The summed E-state index contributed by atoms with van der Waals surface area (Å²) in [6.45, 7) is 2.01. The fraction of sp³-hybridized carbons (Fsp3) is 0.353. The van der Waals surface area contributed by atoms with Crippen molar-refractivity contribution in [3.63, 3.8) is 0 Å². The van der Waals surface area contributed by atoms with Gasteiger partial charge in [-0.3, -0.25) is 16.3 Å². The summed E-state index contributed by atoms with van der Waals surface area (Å²) in [6.07, 6.45) is 5.23. The van der Waals surface area contributed by atoms with Crippen LogP contribution in [0.25, 0.3) is 0 Å². The maximum absolute atomic E-state index is 6.27. The molecular weight excluding hydrogens is 282 g/mol. The molecule has 1 aromatic heterocycles. The maximum atomic E-state index is 6.27. The van der Waals surface area contributed by atoms with Gasteiger partial charge in [0.2, 0.25) is 0 Å². The molecule has 0 saturated heterocycles. The van der Waals surface area contributed by atoms with Crippen LogP contribution in [0.15, 0.2) is 36.5 Å². The molecule has 0 aliphatic heterocycles. The number of rotatable bonds is 3. The summed E-state index contributed by atoms with van der Waals surface area (Å²) in [6, 6.07) is 10.4. The highest BCUT2D eigenvalue weighted by Crippen LogP contribution is 2.39. The number of nitrogens with two attached hydrogens (primary N) is 1. The Morgan fingerprint density at radius 1 is 1.38 bits per heavy atom. The number of pyridine rings is 1. The van der Waals surface area contributed by atoms with Gasteiger partial charge in [0.15, 0.2) is 0 Å². The van der Waals surface area contributed by atoms with E-state index in [-0.39, 0.29) is 6.04 Å². The van der Waals surface area contributed by atoms with Crippen molar-refractivity contribution in [2.75, 3.05) is 0 Å². The van der Waals surface area contributed by atoms with Crippen LogP contribution in [0.5, 0.6) is 0 Å². The second-order valence-corrected chi connectivity index (χ2v) is 6.11. The number of nitrogens with one attached hydrogen (secondary N) is 1. The van der Waals surface area contributed by atoms with Gasteiger partial charge in [0.25, 0.3) is 0 Å². The normalized spacial score (nSPS) is 19.1. The van der Waals surface area contributed by atoms with E-state index in [4.69, 9.17) is 17.4 Å². The molecule has 0 fully saturated rings. The molecule has 1 aromatic carbocycles. The van der Waals surface area contributed by atoms with Gasteiger partial charge < -0.3 is 0 Å². The van der Waals surface area contributed by atoms with Crippen molar-refractivity contribution in [3.8, 4) is 0 Å². The van der Waals surface area contributed by atoms with Crippen molar-refractivity contribution in [1.29, 1.82) is 0 Å². The third-order valence-corrected chi connectivity index (χ3v) is 4.78. The number of aromatic nitrogens is 1. The first-order chi connectivity index (χ1) is 10.2. The van der Waals surface area contributed by atoms with Gasteiger partial charge in [0, 0.05) is 22.8 Å². The van der Waals surface area contributed by atoms with Crippen LogP contribution in [0.1, 0.15) is 47.2 Å². The van der Waals surface area contributed by atoms with Crippen LogP contribution in [0, 0.1) is 6.92 Å². The molecule has 21 heavy (non-hydrogen) atoms. The van der Waals surface area contributed by atoms with E-state index >= 15 is 0 Å². The Kier molecular flexibility index (Phi) is 4.24. The predicted octanol–water partition coefficient (Wildman–Crippen LogP) is 3.67. The number of fused-ring (bicyclic) bond motifs is 1. The lowest BCUT2D eigenvalue weighted by atomic mass is 9.80. The molecule has 1 aliphatic rings. The average Bonchev–Trinajstić information content (AvgIpc) is 2.52. The van der Waals surface area contributed by atoms with Crippen LogP contribution in [-0.4, -0.2) is 4.98 Å². The summed E-state index contributed by atoms with van der Waals surface area (Å²) in [5.74, 6) is 6.15. The molecule has 2 unspecified atom stereocenters. The minimum atomic E-state index is 0.0389. The predicted molar refractivity (Wildman–Crippen MR) is 86.2 cm³/mol. The van der Waals surface area contributed by atoms with Crippen molar-refractivity contribution in [3.05, 3.63) is 63.9 Å². The number of benzene rings is 1. The molecule has 3 N–H and O–H groups in total. The zero-order valence-corrected chi connectivity index (χ0v) is 12.9. The van der Waals surface area contributed by atoms with E-state index < -0.39 is 0 Å². The summed E-state index contributed by atoms with van der Waals surface area (Å²) < 4.78 is 0. The molecule has 3 nitrogen and oxygen atoms in total. The quantitative estimate of drug-likeness (QED) is 0.672. The Labute approximate surface area is 130 Å². The van der Waals surface area contributed by atoms with Crippen molar-refractivity contribution >= 4 is 11.6 Å². The van der Waals surface area contributed by atoms with E-state index in [1.54, 1.807) is 0 Å². The van der Waals surface area contributed by atoms with Crippen molar-refractivity contribution in [2.45, 2.75) is 38.1 Å². The molecular formula is C17H20ClN3. The van der Waals surface area contributed by atoms with E-state index in [0.29, 0.717) is 5.92 Å². The summed E-state index contributed by atoms with van der Waals surface area (Å²) in [5.41, 5.74) is 7.69. The third-order valence-electron chi connectivity index (χ3n) is 4.38. The third kappa shape index (κ3) is 2.82. The van der Waals surface area contributed by atoms with E-state index in [9.17, 15) is 0 Å². The van der Waals surface area contributed by atoms with E-state index in [1.165, 1.54) is 17.7 Å². The summed E-state index contributed by atoms with van der Waals surface area (Å²) in [7, 11) is 0. The monoisotopic (exact) mass is 301 g/mol. The lowest BCUT2D eigenvalue weighted by Gasteiger charge is -2.31. The second-order valence-electron chi connectivity index (χ2n) is 5.70. The van der Waals surface area contributed by atoms with Gasteiger partial charge in [-0.05, 0) is 55.0 Å². The molecule has 0 bridgehead atoms. The summed E-state index contributed by atoms with van der Waals surface area (Å²) >= 11 is 6.27. The molecule has 0 saturated carbocycles.